The van der Waals surface area contributed by atoms with E-state index >= 15 is 0 Å². The van der Waals surface area contributed by atoms with Gasteiger partial charge in [-0.3, -0.25) is 19.3 Å². The van der Waals surface area contributed by atoms with Crippen molar-refractivity contribution in [1.82, 2.24) is 5.32 Å². The molecule has 1 aliphatic rings. The third kappa shape index (κ3) is 5.94. The highest BCUT2D eigenvalue weighted by Gasteiger charge is 2.38. The van der Waals surface area contributed by atoms with Crippen LogP contribution in [0.4, 0.5) is 11.4 Å². The van der Waals surface area contributed by atoms with Crippen molar-refractivity contribution in [3.05, 3.63) is 99.1 Å². The summed E-state index contributed by atoms with van der Waals surface area (Å²) in [6, 6.07) is 15.2. The summed E-state index contributed by atoms with van der Waals surface area (Å²) in [7, 11) is 1.24. The number of hydrogen-bond acceptors (Lipinski definition) is 6. The summed E-state index contributed by atoms with van der Waals surface area (Å²) >= 11 is 5.98. The van der Waals surface area contributed by atoms with Crippen molar-refractivity contribution < 1.29 is 28.3 Å². The highest BCUT2D eigenvalue weighted by Crippen LogP contribution is 2.36. The molecular formula is C29H26ClN3O6. The number of amides is 3. The quantitative estimate of drug-likeness (QED) is 0.263. The predicted molar refractivity (Wildman–Crippen MR) is 147 cm³/mol. The molecule has 2 heterocycles. The molecule has 0 unspecified atom stereocenters. The van der Waals surface area contributed by atoms with Gasteiger partial charge in [-0.1, -0.05) is 17.7 Å². The Morgan fingerprint density at radius 3 is 2.36 bits per heavy atom. The molecule has 0 saturated heterocycles. The lowest BCUT2D eigenvalue weighted by Crippen LogP contribution is -2.34. The molecule has 200 valence electrons. The number of allylic oxidation sites excluding steroid dienone is 1. The van der Waals surface area contributed by atoms with Gasteiger partial charge < -0.3 is 19.8 Å². The van der Waals surface area contributed by atoms with Crippen LogP contribution in [0.2, 0.25) is 5.02 Å². The number of esters is 1. The zero-order valence-electron chi connectivity index (χ0n) is 21.8. The van der Waals surface area contributed by atoms with Gasteiger partial charge in [-0.25, -0.2) is 4.79 Å². The number of rotatable bonds is 6. The lowest BCUT2D eigenvalue weighted by molar-refractivity contribution is -0.136. The van der Waals surface area contributed by atoms with Crippen LogP contribution >= 0.6 is 11.6 Å². The van der Waals surface area contributed by atoms with Gasteiger partial charge in [0.15, 0.2) is 0 Å². The molecule has 0 saturated carbocycles. The second-order valence-electron chi connectivity index (χ2n) is 8.87. The molecule has 9 nitrogen and oxygen atoms in total. The van der Waals surface area contributed by atoms with E-state index in [1.165, 1.54) is 18.1 Å². The molecule has 1 aliphatic heterocycles. The number of ether oxygens (including phenoxy) is 1. The maximum Gasteiger partial charge on any atom is 0.340 e. The fourth-order valence-electron chi connectivity index (χ4n) is 4.05. The number of carbonyl (C=O) groups excluding carboxylic acids is 4. The van der Waals surface area contributed by atoms with Crippen LogP contribution in [-0.2, 0) is 30.5 Å². The lowest BCUT2D eigenvalue weighted by atomic mass is 10.1. The van der Waals surface area contributed by atoms with Gasteiger partial charge in [-0.05, 0) is 86.5 Å². The van der Waals surface area contributed by atoms with Crippen LogP contribution in [0.5, 0.6) is 0 Å². The average molecular weight is 548 g/mol. The van der Waals surface area contributed by atoms with Crippen molar-refractivity contribution in [2.75, 3.05) is 17.3 Å². The number of benzene rings is 2. The van der Waals surface area contributed by atoms with Gasteiger partial charge in [0.1, 0.15) is 11.5 Å². The first-order valence-electron chi connectivity index (χ1n) is 12.0. The number of nitrogens with zero attached hydrogens (tertiary/aromatic N) is 1. The van der Waals surface area contributed by atoms with E-state index in [4.69, 9.17) is 20.8 Å². The van der Waals surface area contributed by atoms with Crippen molar-refractivity contribution >= 4 is 52.7 Å². The number of carbonyl (C=O) groups is 4. The third-order valence-electron chi connectivity index (χ3n) is 6.24. The number of halogens is 1. The van der Waals surface area contributed by atoms with Gasteiger partial charge in [0, 0.05) is 22.1 Å². The van der Waals surface area contributed by atoms with Crippen molar-refractivity contribution in [3.63, 3.8) is 0 Å². The monoisotopic (exact) mass is 547 g/mol. The van der Waals surface area contributed by atoms with Crippen LogP contribution in [-0.4, -0.2) is 30.8 Å². The van der Waals surface area contributed by atoms with Gasteiger partial charge >= 0.3 is 17.8 Å². The molecule has 0 radical (unpaired) electrons. The van der Waals surface area contributed by atoms with Gasteiger partial charge in [-0.15, -0.1) is 0 Å². The molecule has 0 bridgehead atoms. The van der Waals surface area contributed by atoms with Crippen LogP contribution in [0, 0.1) is 13.8 Å². The molecule has 39 heavy (non-hydrogen) atoms. The van der Waals surface area contributed by atoms with Crippen LogP contribution in [0.25, 0.3) is 6.08 Å². The topological polar surface area (TPSA) is 118 Å². The van der Waals surface area contributed by atoms with Crippen molar-refractivity contribution in [1.29, 1.82) is 0 Å². The molecule has 10 heteroatoms. The molecule has 3 aromatic rings. The smallest absolute Gasteiger partial charge is 0.340 e. The van der Waals surface area contributed by atoms with E-state index < -0.39 is 23.7 Å². The highest BCUT2D eigenvalue weighted by molar-refractivity contribution is 6.39. The molecule has 4 rings (SSSR count). The summed E-state index contributed by atoms with van der Waals surface area (Å²) in [5, 5.41) is 5.57. The molecule has 3 amide bonds. The Balaban J connectivity index is 1.48. The molecule has 0 aliphatic carbocycles. The Morgan fingerprint density at radius 2 is 1.69 bits per heavy atom. The van der Waals surface area contributed by atoms with E-state index in [0.29, 0.717) is 27.9 Å². The molecule has 1 aromatic heterocycles. The van der Waals surface area contributed by atoms with Gasteiger partial charge in [0.2, 0.25) is 0 Å². The molecular weight excluding hydrogens is 522 g/mol. The zero-order chi connectivity index (χ0) is 28.3. The maximum atomic E-state index is 13.4. The Labute approximate surface area is 230 Å². The summed E-state index contributed by atoms with van der Waals surface area (Å²) in [4.78, 5) is 51.9. The van der Waals surface area contributed by atoms with Crippen LogP contribution < -0.4 is 15.5 Å². The minimum Gasteiger partial charge on any atom is -0.465 e. The highest BCUT2D eigenvalue weighted by atomic mass is 35.5. The first-order chi connectivity index (χ1) is 18.6. The van der Waals surface area contributed by atoms with Crippen molar-refractivity contribution in [3.8, 4) is 0 Å². The number of furan rings is 1. The Morgan fingerprint density at radius 1 is 0.974 bits per heavy atom. The molecule has 2 aromatic carbocycles. The Bertz CT molecular complexity index is 1530. The first kappa shape index (κ1) is 27.4. The summed E-state index contributed by atoms with van der Waals surface area (Å²) in [5.41, 5.74) is 3.70. The van der Waals surface area contributed by atoms with Crippen molar-refractivity contribution in [2.24, 2.45) is 0 Å². The molecule has 0 fully saturated rings. The maximum absolute atomic E-state index is 13.4. The fourth-order valence-corrected chi connectivity index (χ4v) is 4.17. The third-order valence-corrected chi connectivity index (χ3v) is 6.49. The number of hydrogen-bond donors (Lipinski definition) is 2. The summed E-state index contributed by atoms with van der Waals surface area (Å²) in [6.07, 6.45) is 1.44. The van der Waals surface area contributed by atoms with E-state index in [1.54, 1.807) is 55.5 Å². The van der Waals surface area contributed by atoms with E-state index in [1.807, 2.05) is 19.9 Å². The normalized spacial score (nSPS) is 14.1. The first-order valence-corrected chi connectivity index (χ1v) is 12.3. The predicted octanol–water partition coefficient (Wildman–Crippen LogP) is 4.68. The largest absolute Gasteiger partial charge is 0.465 e. The second kappa shape index (κ2) is 11.4. The van der Waals surface area contributed by atoms with Crippen LogP contribution in [0.3, 0.4) is 0 Å². The second-order valence-corrected chi connectivity index (χ2v) is 9.30. The molecule has 0 atom stereocenters. The van der Waals surface area contributed by atoms with Crippen molar-refractivity contribution in [2.45, 2.75) is 27.3 Å². The SMILES string of the molecule is COC(=O)C1=C(C)N(c2ccc(Cl)cc2)C(=O)/C1=C/c1ccc(CNC(=O)C(=O)Nc2ccc(C)c(C)c2)o1. The van der Waals surface area contributed by atoms with Crippen LogP contribution in [0.15, 0.2) is 75.9 Å². The minimum atomic E-state index is -0.833. The minimum absolute atomic E-state index is 0.0636. The zero-order valence-corrected chi connectivity index (χ0v) is 22.5. The standard InChI is InChI=1S/C29H26ClN3O6/c1-16-5-8-20(13-17(16)2)32-27(35)26(34)31-15-23-12-11-22(39-23)14-24-25(29(37)38-4)18(3)33(28(24)36)21-9-6-19(30)7-10-21/h5-14H,15H2,1-4H3,(H,31,34)(H,32,35)/b24-14+. The van der Waals surface area contributed by atoms with E-state index in [9.17, 15) is 19.2 Å². The van der Waals surface area contributed by atoms with Crippen LogP contribution in [0.1, 0.15) is 29.6 Å². The Kier molecular flexibility index (Phi) is 8.01. The number of aryl methyl sites for hydroxylation is 2. The van der Waals surface area contributed by atoms with Gasteiger partial charge in [-0.2, -0.15) is 0 Å². The van der Waals surface area contributed by atoms with E-state index in [0.717, 1.165) is 11.1 Å². The van der Waals surface area contributed by atoms with Gasteiger partial charge in [0.25, 0.3) is 5.91 Å². The van der Waals surface area contributed by atoms with Gasteiger partial charge in [0.05, 0.1) is 24.8 Å². The summed E-state index contributed by atoms with van der Waals surface area (Å²) < 4.78 is 10.7. The van der Waals surface area contributed by atoms with E-state index in [-0.39, 0.29) is 23.5 Å². The number of anilines is 2. The lowest BCUT2D eigenvalue weighted by Gasteiger charge is -2.17. The Hall–Kier alpha value is -4.63. The fraction of sp³-hybridized carbons (Fsp3) is 0.172. The summed E-state index contributed by atoms with van der Waals surface area (Å²) in [6.45, 7) is 5.44. The summed E-state index contributed by atoms with van der Waals surface area (Å²) in [5.74, 6) is -2.14. The molecule has 2 N–H and O–H groups in total. The average Bonchev–Trinajstić information content (AvgIpc) is 3.46. The number of methoxy groups -OCH3 is 1. The molecule has 0 spiro atoms. The van der Waals surface area contributed by atoms with E-state index in [2.05, 4.69) is 10.6 Å². The number of nitrogens with one attached hydrogen (secondary N) is 2.